The number of carboxylic acid groups (broad SMARTS) is 1. The van der Waals surface area contributed by atoms with Crippen LogP contribution in [0.4, 0.5) is 5.95 Å². The quantitative estimate of drug-likeness (QED) is 0.752. The predicted molar refractivity (Wildman–Crippen MR) is 72.6 cm³/mol. The van der Waals surface area contributed by atoms with E-state index >= 15 is 0 Å². The molecule has 112 valence electrons. The maximum Gasteiger partial charge on any atom is 0.357 e. The van der Waals surface area contributed by atoms with Crippen molar-refractivity contribution in [2.75, 3.05) is 4.72 Å². The van der Waals surface area contributed by atoms with Crippen molar-refractivity contribution >= 4 is 21.9 Å². The van der Waals surface area contributed by atoms with E-state index in [-0.39, 0.29) is 11.6 Å². The van der Waals surface area contributed by atoms with Gasteiger partial charge in [0.1, 0.15) is 4.90 Å². The first-order valence-corrected chi connectivity index (χ1v) is 7.32. The molecule has 21 heavy (non-hydrogen) atoms. The first-order valence-electron chi connectivity index (χ1n) is 5.84. The largest absolute Gasteiger partial charge is 0.476 e. The average molecular weight is 311 g/mol. The van der Waals surface area contributed by atoms with Crippen molar-refractivity contribution in [3.8, 4) is 0 Å². The van der Waals surface area contributed by atoms with Crippen LogP contribution in [-0.4, -0.2) is 39.7 Å². The van der Waals surface area contributed by atoms with Crippen molar-refractivity contribution < 1.29 is 18.3 Å². The molecule has 0 unspecified atom stereocenters. The summed E-state index contributed by atoms with van der Waals surface area (Å²) >= 11 is 0. The summed E-state index contributed by atoms with van der Waals surface area (Å²) in [6.45, 7) is 4.80. The Morgan fingerprint density at radius 1 is 1.24 bits per heavy atom. The van der Waals surface area contributed by atoms with Gasteiger partial charge < -0.3 is 5.11 Å². The molecule has 0 bridgehead atoms. The van der Waals surface area contributed by atoms with Crippen LogP contribution in [0.25, 0.3) is 0 Å². The van der Waals surface area contributed by atoms with Gasteiger partial charge in [0.05, 0.1) is 5.69 Å². The highest BCUT2D eigenvalue weighted by Crippen LogP contribution is 2.20. The Morgan fingerprint density at radius 3 is 2.33 bits per heavy atom. The Balaban J connectivity index is 2.48. The van der Waals surface area contributed by atoms with Gasteiger partial charge in [-0.1, -0.05) is 0 Å². The van der Waals surface area contributed by atoms with Crippen LogP contribution in [0.2, 0.25) is 0 Å². The van der Waals surface area contributed by atoms with Gasteiger partial charge in [-0.2, -0.15) is 5.10 Å². The number of aromatic carboxylic acids is 1. The molecule has 0 aliphatic heterocycles. The number of aromatic nitrogens is 4. The molecule has 0 amide bonds. The molecule has 10 heteroatoms. The molecule has 0 saturated carbocycles. The molecule has 2 rings (SSSR count). The van der Waals surface area contributed by atoms with E-state index in [1.165, 1.54) is 6.92 Å². The Bertz CT molecular complexity index is 792. The summed E-state index contributed by atoms with van der Waals surface area (Å²) < 4.78 is 26.8. The van der Waals surface area contributed by atoms with E-state index in [9.17, 15) is 13.2 Å². The molecule has 2 aromatic heterocycles. The molecule has 0 aliphatic carbocycles. The van der Waals surface area contributed by atoms with Crippen LogP contribution in [0.1, 0.15) is 27.6 Å². The average Bonchev–Trinajstić information content (AvgIpc) is 2.69. The second-order valence-electron chi connectivity index (χ2n) is 4.41. The Morgan fingerprint density at radius 2 is 1.81 bits per heavy atom. The van der Waals surface area contributed by atoms with Crippen LogP contribution < -0.4 is 4.72 Å². The van der Waals surface area contributed by atoms with Crippen molar-refractivity contribution in [1.82, 2.24) is 20.2 Å². The SMILES string of the molecule is Cc1cc(C)nc(NS(=O)(=O)c2c(C(=O)O)n[nH]c2C)n1. The minimum absolute atomic E-state index is 0.115. The highest BCUT2D eigenvalue weighted by molar-refractivity contribution is 7.92. The Hall–Kier alpha value is -2.49. The van der Waals surface area contributed by atoms with Crippen molar-refractivity contribution in [3.05, 3.63) is 28.8 Å². The molecule has 0 atom stereocenters. The summed E-state index contributed by atoms with van der Waals surface area (Å²) in [6.07, 6.45) is 0. The fourth-order valence-corrected chi connectivity index (χ4v) is 3.11. The number of aromatic amines is 1. The minimum Gasteiger partial charge on any atom is -0.476 e. The van der Waals surface area contributed by atoms with Crippen LogP contribution in [0.5, 0.6) is 0 Å². The van der Waals surface area contributed by atoms with Gasteiger partial charge in [0.25, 0.3) is 10.0 Å². The van der Waals surface area contributed by atoms with Gasteiger partial charge in [0, 0.05) is 11.4 Å². The molecule has 2 aromatic rings. The lowest BCUT2D eigenvalue weighted by Gasteiger charge is -2.08. The summed E-state index contributed by atoms with van der Waals surface area (Å²) in [6, 6.07) is 1.68. The zero-order valence-corrected chi connectivity index (χ0v) is 12.3. The molecule has 9 nitrogen and oxygen atoms in total. The van der Waals surface area contributed by atoms with Gasteiger partial charge in [-0.05, 0) is 26.8 Å². The normalized spacial score (nSPS) is 11.4. The molecular weight excluding hydrogens is 298 g/mol. The number of anilines is 1. The number of carbonyl (C=O) groups is 1. The van der Waals surface area contributed by atoms with E-state index in [4.69, 9.17) is 5.11 Å². The number of rotatable bonds is 4. The lowest BCUT2D eigenvalue weighted by Crippen LogP contribution is -2.19. The molecule has 0 fully saturated rings. The predicted octanol–water partition coefficient (Wildman–Crippen LogP) is 0.624. The zero-order valence-electron chi connectivity index (χ0n) is 11.5. The monoisotopic (exact) mass is 311 g/mol. The number of H-pyrrole nitrogens is 1. The third-order valence-electron chi connectivity index (χ3n) is 2.57. The first-order chi connectivity index (χ1) is 9.70. The van der Waals surface area contributed by atoms with Crippen LogP contribution in [0.3, 0.4) is 0 Å². The second-order valence-corrected chi connectivity index (χ2v) is 6.03. The number of sulfonamides is 1. The van der Waals surface area contributed by atoms with Crippen molar-refractivity contribution in [2.45, 2.75) is 25.7 Å². The first kappa shape index (κ1) is 14.9. The van der Waals surface area contributed by atoms with E-state index in [0.717, 1.165) is 0 Å². The van der Waals surface area contributed by atoms with Gasteiger partial charge in [0.15, 0.2) is 5.69 Å². The van der Waals surface area contributed by atoms with Gasteiger partial charge in [-0.25, -0.2) is 27.9 Å². The Labute approximate surface area is 120 Å². The highest BCUT2D eigenvalue weighted by atomic mass is 32.2. The molecule has 2 heterocycles. The number of hydrogen-bond donors (Lipinski definition) is 3. The third kappa shape index (κ3) is 2.99. The van der Waals surface area contributed by atoms with Gasteiger partial charge in [0.2, 0.25) is 5.95 Å². The lowest BCUT2D eigenvalue weighted by atomic mass is 10.4. The number of hydrogen-bond acceptors (Lipinski definition) is 6. The minimum atomic E-state index is -4.16. The van der Waals surface area contributed by atoms with Crippen molar-refractivity contribution in [3.63, 3.8) is 0 Å². The van der Waals surface area contributed by atoms with Crippen LogP contribution in [0, 0.1) is 20.8 Å². The maximum absolute atomic E-state index is 12.3. The van der Waals surface area contributed by atoms with Gasteiger partial charge >= 0.3 is 5.97 Å². The molecule has 0 radical (unpaired) electrons. The second kappa shape index (κ2) is 5.13. The third-order valence-corrected chi connectivity index (χ3v) is 4.06. The number of aryl methyl sites for hydroxylation is 3. The topological polar surface area (TPSA) is 138 Å². The summed E-state index contributed by atoms with van der Waals surface area (Å²) in [5.74, 6) is -1.56. The fraction of sp³-hybridized carbons (Fsp3) is 0.273. The molecule has 0 spiro atoms. The molecule has 0 saturated heterocycles. The molecule has 0 aromatic carbocycles. The lowest BCUT2D eigenvalue weighted by molar-refractivity contribution is 0.0686. The van der Waals surface area contributed by atoms with E-state index in [0.29, 0.717) is 11.4 Å². The number of nitrogens with zero attached hydrogens (tertiary/aromatic N) is 3. The van der Waals surface area contributed by atoms with Crippen LogP contribution >= 0.6 is 0 Å². The number of carboxylic acids is 1. The smallest absolute Gasteiger partial charge is 0.357 e. The van der Waals surface area contributed by atoms with Gasteiger partial charge in [-0.15, -0.1) is 0 Å². The molecular formula is C11H13N5O4S. The van der Waals surface area contributed by atoms with Crippen molar-refractivity contribution in [1.29, 1.82) is 0 Å². The summed E-state index contributed by atoms with van der Waals surface area (Å²) in [4.78, 5) is 18.5. The van der Waals surface area contributed by atoms with Gasteiger partial charge in [-0.3, -0.25) is 5.10 Å². The zero-order chi connectivity index (χ0) is 15.8. The van der Waals surface area contributed by atoms with E-state index in [2.05, 4.69) is 24.9 Å². The van der Waals surface area contributed by atoms with E-state index < -0.39 is 26.6 Å². The van der Waals surface area contributed by atoms with Crippen LogP contribution in [0.15, 0.2) is 11.0 Å². The van der Waals surface area contributed by atoms with E-state index in [1.54, 1.807) is 19.9 Å². The highest BCUT2D eigenvalue weighted by Gasteiger charge is 2.29. The Kier molecular flexibility index (Phi) is 3.64. The molecule has 0 aliphatic rings. The van der Waals surface area contributed by atoms with E-state index in [1.807, 2.05) is 0 Å². The number of nitrogens with one attached hydrogen (secondary N) is 2. The maximum atomic E-state index is 12.3. The fourth-order valence-electron chi connectivity index (χ4n) is 1.84. The van der Waals surface area contributed by atoms with Crippen LogP contribution in [-0.2, 0) is 10.0 Å². The standard InChI is InChI=1S/C11H13N5O4S/c1-5-4-6(2)13-11(12-5)16-21(19,20)9-7(3)14-15-8(9)10(17)18/h4H,1-3H3,(H,14,15)(H,17,18)(H,12,13,16). The summed E-state index contributed by atoms with van der Waals surface area (Å²) in [7, 11) is -4.16. The van der Waals surface area contributed by atoms with Crippen molar-refractivity contribution in [2.24, 2.45) is 0 Å². The summed E-state index contributed by atoms with van der Waals surface area (Å²) in [5.41, 5.74) is 0.707. The molecule has 3 N–H and O–H groups in total. The summed E-state index contributed by atoms with van der Waals surface area (Å²) in [5, 5.41) is 14.8.